The molecular weight excluding hydrogens is 372 g/mol. The predicted molar refractivity (Wildman–Crippen MR) is 99.2 cm³/mol. The van der Waals surface area contributed by atoms with Crippen molar-refractivity contribution in [2.24, 2.45) is 0 Å². The summed E-state index contributed by atoms with van der Waals surface area (Å²) in [7, 11) is 0. The van der Waals surface area contributed by atoms with Crippen molar-refractivity contribution in [2.75, 3.05) is 5.32 Å². The number of rotatable bonds is 6. The quantitative estimate of drug-likeness (QED) is 0.650. The van der Waals surface area contributed by atoms with Crippen LogP contribution in [0.15, 0.2) is 47.9 Å². The van der Waals surface area contributed by atoms with E-state index in [0.29, 0.717) is 17.5 Å². The second-order valence-electron chi connectivity index (χ2n) is 5.66. The minimum absolute atomic E-state index is 0.0664. The summed E-state index contributed by atoms with van der Waals surface area (Å²) in [5.41, 5.74) is 0.806. The van der Waals surface area contributed by atoms with Crippen LogP contribution in [-0.4, -0.2) is 30.9 Å². The molecule has 0 fully saturated rings. The molecule has 0 saturated carbocycles. The van der Waals surface area contributed by atoms with Gasteiger partial charge in [0.2, 0.25) is 5.91 Å². The molecule has 0 radical (unpaired) electrons. The van der Waals surface area contributed by atoms with Crippen molar-refractivity contribution in [1.82, 2.24) is 19.7 Å². The van der Waals surface area contributed by atoms with Crippen molar-refractivity contribution in [3.63, 3.8) is 0 Å². The Kier molecular flexibility index (Phi) is 5.80. The Balaban J connectivity index is 1.75. The number of aromatic nitrogens is 4. The number of pyridine rings is 1. The Hall–Kier alpha value is -2.81. The molecule has 2 heterocycles. The van der Waals surface area contributed by atoms with Crippen molar-refractivity contribution in [3.05, 3.63) is 54.4 Å². The van der Waals surface area contributed by atoms with E-state index in [0.717, 1.165) is 17.7 Å². The second kappa shape index (κ2) is 8.26. The van der Waals surface area contributed by atoms with Gasteiger partial charge in [-0.15, -0.1) is 10.2 Å². The van der Waals surface area contributed by atoms with E-state index in [1.54, 1.807) is 19.3 Å². The molecule has 1 unspecified atom stereocenters. The van der Waals surface area contributed by atoms with Crippen LogP contribution in [0.5, 0.6) is 0 Å². The Morgan fingerprint density at radius 3 is 2.63 bits per heavy atom. The Bertz CT molecular complexity index is 948. The van der Waals surface area contributed by atoms with Crippen LogP contribution < -0.4 is 5.32 Å². The van der Waals surface area contributed by atoms with Gasteiger partial charge in [-0.05, 0) is 38.1 Å². The van der Waals surface area contributed by atoms with Gasteiger partial charge in [-0.1, -0.05) is 11.8 Å². The summed E-state index contributed by atoms with van der Waals surface area (Å²) in [6.45, 7) is 4.26. The second-order valence-corrected chi connectivity index (χ2v) is 6.97. The molecule has 1 N–H and O–H groups in total. The normalized spacial score (nSPS) is 12.0. The van der Waals surface area contributed by atoms with E-state index >= 15 is 0 Å². The molecule has 3 aromatic rings. The topological polar surface area (TPSA) is 72.7 Å². The molecule has 3 rings (SSSR count). The van der Waals surface area contributed by atoms with E-state index < -0.39 is 22.8 Å². The highest BCUT2D eigenvalue weighted by Crippen LogP contribution is 2.27. The first-order valence-electron chi connectivity index (χ1n) is 8.25. The van der Waals surface area contributed by atoms with Crippen LogP contribution in [0.25, 0.3) is 11.4 Å². The van der Waals surface area contributed by atoms with Crippen LogP contribution in [0, 0.1) is 11.6 Å². The molecule has 9 heteroatoms. The first kappa shape index (κ1) is 19.0. The Morgan fingerprint density at radius 2 is 1.96 bits per heavy atom. The summed E-state index contributed by atoms with van der Waals surface area (Å²) < 4.78 is 28.6. The fourth-order valence-corrected chi connectivity index (χ4v) is 3.33. The molecule has 2 aromatic heterocycles. The third-order valence-corrected chi connectivity index (χ3v) is 4.89. The van der Waals surface area contributed by atoms with Gasteiger partial charge in [0.05, 0.1) is 10.9 Å². The van der Waals surface area contributed by atoms with E-state index in [-0.39, 0.29) is 5.69 Å². The minimum atomic E-state index is -0.822. The number of benzene rings is 1. The van der Waals surface area contributed by atoms with Crippen molar-refractivity contribution in [1.29, 1.82) is 0 Å². The van der Waals surface area contributed by atoms with Crippen LogP contribution in [0.3, 0.4) is 0 Å². The standard InChI is InChI=1S/C18H17F2N5OS/c1-3-25-16(12-6-8-21-9-7-12)23-24-18(25)27-11(2)17(26)22-15-5-4-13(19)10-14(15)20/h4-11H,3H2,1-2H3,(H,22,26). The SMILES string of the molecule is CCn1c(SC(C)C(=O)Nc2ccc(F)cc2F)nnc1-c1ccncc1. The van der Waals surface area contributed by atoms with Gasteiger partial charge >= 0.3 is 0 Å². The monoisotopic (exact) mass is 389 g/mol. The third-order valence-electron chi connectivity index (χ3n) is 3.81. The number of anilines is 1. The lowest BCUT2D eigenvalue weighted by atomic mass is 10.2. The first-order chi connectivity index (χ1) is 13.0. The first-order valence-corrected chi connectivity index (χ1v) is 9.13. The van der Waals surface area contributed by atoms with Crippen molar-refractivity contribution < 1.29 is 13.6 Å². The van der Waals surface area contributed by atoms with Crippen LogP contribution in [0.1, 0.15) is 13.8 Å². The molecule has 0 aliphatic heterocycles. The van der Waals surface area contributed by atoms with Gasteiger partial charge in [-0.2, -0.15) is 0 Å². The lowest BCUT2D eigenvalue weighted by Gasteiger charge is -2.13. The Morgan fingerprint density at radius 1 is 1.22 bits per heavy atom. The van der Waals surface area contributed by atoms with Crippen molar-refractivity contribution >= 4 is 23.4 Å². The summed E-state index contributed by atoms with van der Waals surface area (Å²) in [6.07, 6.45) is 3.34. The summed E-state index contributed by atoms with van der Waals surface area (Å²) in [5.74, 6) is -1.26. The van der Waals surface area contributed by atoms with Crippen LogP contribution in [0.2, 0.25) is 0 Å². The number of hydrogen-bond donors (Lipinski definition) is 1. The minimum Gasteiger partial charge on any atom is -0.323 e. The molecular formula is C18H17F2N5OS. The van der Waals surface area contributed by atoms with Gasteiger partial charge in [-0.3, -0.25) is 9.78 Å². The van der Waals surface area contributed by atoms with Crippen LogP contribution in [-0.2, 0) is 11.3 Å². The number of halogens is 2. The van der Waals surface area contributed by atoms with E-state index in [1.165, 1.54) is 17.8 Å². The fraction of sp³-hybridized carbons (Fsp3) is 0.222. The summed E-state index contributed by atoms with van der Waals surface area (Å²) >= 11 is 1.21. The average molecular weight is 389 g/mol. The molecule has 0 saturated heterocycles. The van der Waals surface area contributed by atoms with Crippen LogP contribution in [0.4, 0.5) is 14.5 Å². The van der Waals surface area contributed by atoms with Gasteiger partial charge in [0.15, 0.2) is 11.0 Å². The molecule has 1 aromatic carbocycles. The van der Waals surface area contributed by atoms with E-state index in [1.807, 2.05) is 23.6 Å². The van der Waals surface area contributed by atoms with Gasteiger partial charge in [0.25, 0.3) is 0 Å². The number of thioether (sulfide) groups is 1. The summed E-state index contributed by atoms with van der Waals surface area (Å²) in [4.78, 5) is 16.4. The number of carbonyl (C=O) groups is 1. The Labute approximate surface area is 159 Å². The smallest absolute Gasteiger partial charge is 0.237 e. The number of nitrogens with one attached hydrogen (secondary N) is 1. The molecule has 140 valence electrons. The summed E-state index contributed by atoms with van der Waals surface area (Å²) in [6, 6.07) is 6.67. The summed E-state index contributed by atoms with van der Waals surface area (Å²) in [5, 5.41) is 10.9. The zero-order valence-corrected chi connectivity index (χ0v) is 15.5. The zero-order chi connectivity index (χ0) is 19.4. The van der Waals surface area contributed by atoms with E-state index in [4.69, 9.17) is 0 Å². The van der Waals surface area contributed by atoms with Gasteiger partial charge in [0, 0.05) is 30.6 Å². The number of hydrogen-bond acceptors (Lipinski definition) is 5. The van der Waals surface area contributed by atoms with E-state index in [9.17, 15) is 13.6 Å². The molecule has 1 amide bonds. The molecule has 27 heavy (non-hydrogen) atoms. The van der Waals surface area contributed by atoms with Crippen LogP contribution >= 0.6 is 11.8 Å². The molecule has 0 bridgehead atoms. The van der Waals surface area contributed by atoms with Crippen molar-refractivity contribution in [2.45, 2.75) is 30.8 Å². The van der Waals surface area contributed by atoms with E-state index in [2.05, 4.69) is 20.5 Å². The molecule has 0 aliphatic rings. The number of amides is 1. The number of nitrogens with zero attached hydrogens (tertiary/aromatic N) is 4. The molecule has 0 spiro atoms. The molecule has 6 nitrogen and oxygen atoms in total. The average Bonchev–Trinajstić information content (AvgIpc) is 3.07. The van der Waals surface area contributed by atoms with Crippen molar-refractivity contribution in [3.8, 4) is 11.4 Å². The highest BCUT2D eigenvalue weighted by atomic mass is 32.2. The fourth-order valence-electron chi connectivity index (χ4n) is 2.41. The highest BCUT2D eigenvalue weighted by Gasteiger charge is 2.21. The third kappa shape index (κ3) is 4.30. The lowest BCUT2D eigenvalue weighted by Crippen LogP contribution is -2.23. The molecule has 0 aliphatic carbocycles. The maximum atomic E-state index is 13.7. The zero-order valence-electron chi connectivity index (χ0n) is 14.7. The maximum Gasteiger partial charge on any atom is 0.237 e. The number of carbonyl (C=O) groups excluding carboxylic acids is 1. The highest BCUT2D eigenvalue weighted by molar-refractivity contribution is 8.00. The van der Waals surface area contributed by atoms with Gasteiger partial charge in [-0.25, -0.2) is 8.78 Å². The maximum absolute atomic E-state index is 13.7. The molecule has 1 atom stereocenters. The largest absolute Gasteiger partial charge is 0.323 e. The van der Waals surface area contributed by atoms with Gasteiger partial charge < -0.3 is 9.88 Å². The predicted octanol–water partition coefficient (Wildman–Crippen LogP) is 3.76. The lowest BCUT2D eigenvalue weighted by molar-refractivity contribution is -0.115. The van der Waals surface area contributed by atoms with Gasteiger partial charge in [0.1, 0.15) is 11.6 Å².